The summed E-state index contributed by atoms with van der Waals surface area (Å²) in [6.07, 6.45) is 5.13. The number of hydrogen-bond donors (Lipinski definition) is 1. The Labute approximate surface area is 112 Å². The first-order valence-electron chi connectivity index (χ1n) is 5.83. The molecule has 0 aliphatic heterocycles. The lowest BCUT2D eigenvalue weighted by molar-refractivity contribution is 0.0697. The molecule has 0 amide bonds. The quantitative estimate of drug-likeness (QED) is 0.869. The topological polar surface area (TPSA) is 37.3 Å². The third kappa shape index (κ3) is 2.08. The van der Waals surface area contributed by atoms with E-state index in [9.17, 15) is 9.90 Å². The highest BCUT2D eigenvalue weighted by atomic mass is 16.4. The minimum Gasteiger partial charge on any atom is -0.478 e. The van der Waals surface area contributed by atoms with Gasteiger partial charge in [0.25, 0.3) is 0 Å². The zero-order chi connectivity index (χ0) is 14.0. The number of fused-ring (bicyclic) bond motifs is 1. The number of benzene rings is 2. The second kappa shape index (κ2) is 4.94. The van der Waals surface area contributed by atoms with Gasteiger partial charge < -0.3 is 5.11 Å². The minimum atomic E-state index is -0.955. The van der Waals surface area contributed by atoms with Gasteiger partial charge in [-0.1, -0.05) is 50.1 Å². The molecule has 2 nitrogen and oxygen atoms in total. The molecule has 0 aliphatic carbocycles. The number of hydrogen-bond acceptors (Lipinski definition) is 1. The van der Waals surface area contributed by atoms with Crippen LogP contribution >= 0.6 is 0 Å². The predicted octanol–water partition coefficient (Wildman–Crippen LogP) is 4.47. The molecular weight excluding hydrogens is 236 g/mol. The normalized spacial score (nSPS) is 10.1. The van der Waals surface area contributed by atoms with Crippen LogP contribution < -0.4 is 0 Å². The fourth-order valence-electron chi connectivity index (χ4n) is 2.20. The van der Waals surface area contributed by atoms with Crippen LogP contribution in [0.4, 0.5) is 0 Å². The summed E-state index contributed by atoms with van der Waals surface area (Å²) in [4.78, 5) is 11.2. The van der Waals surface area contributed by atoms with E-state index in [0.29, 0.717) is 0 Å². The fraction of sp³-hybridized carbons (Fsp3) is 0. The Morgan fingerprint density at radius 2 is 1.53 bits per heavy atom. The molecule has 0 fully saturated rings. The molecule has 94 valence electrons. The van der Waals surface area contributed by atoms with Gasteiger partial charge in [-0.3, -0.25) is 0 Å². The van der Waals surface area contributed by atoms with E-state index in [1.54, 1.807) is 30.4 Å². The number of carboxylic acid groups (broad SMARTS) is 1. The van der Waals surface area contributed by atoms with E-state index in [-0.39, 0.29) is 5.56 Å². The van der Waals surface area contributed by atoms with Gasteiger partial charge in [0.15, 0.2) is 0 Å². The van der Waals surface area contributed by atoms with Crippen molar-refractivity contribution in [1.82, 2.24) is 0 Å². The molecule has 0 saturated carbocycles. The Morgan fingerprint density at radius 3 is 2.05 bits per heavy atom. The maximum Gasteiger partial charge on any atom is 0.335 e. The number of carbonyl (C=O) groups is 1. The molecule has 0 aromatic heterocycles. The van der Waals surface area contributed by atoms with Crippen LogP contribution in [0.3, 0.4) is 0 Å². The summed E-state index contributed by atoms with van der Waals surface area (Å²) in [7, 11) is 0. The molecule has 2 rings (SSSR count). The number of rotatable bonds is 4. The summed E-state index contributed by atoms with van der Waals surface area (Å²) in [6, 6.07) is 7.14. The van der Waals surface area contributed by atoms with E-state index in [2.05, 4.69) is 19.7 Å². The summed E-state index contributed by atoms with van der Waals surface area (Å²) in [5.74, 6) is -0.955. The minimum absolute atomic E-state index is 0.242. The van der Waals surface area contributed by atoms with Crippen molar-refractivity contribution in [3.8, 4) is 0 Å². The van der Waals surface area contributed by atoms with Crippen molar-refractivity contribution < 1.29 is 9.90 Å². The van der Waals surface area contributed by atoms with Crippen LogP contribution in [0.25, 0.3) is 29.0 Å². The molecule has 0 radical (unpaired) electrons. The lowest BCUT2D eigenvalue weighted by atomic mass is 9.93. The lowest BCUT2D eigenvalue weighted by Crippen LogP contribution is -1.98. The van der Waals surface area contributed by atoms with Crippen molar-refractivity contribution in [1.29, 1.82) is 0 Å². The molecule has 2 heteroatoms. The van der Waals surface area contributed by atoms with Gasteiger partial charge >= 0.3 is 5.97 Å². The predicted molar refractivity (Wildman–Crippen MR) is 81.2 cm³/mol. The Morgan fingerprint density at radius 1 is 0.947 bits per heavy atom. The summed E-state index contributed by atoms with van der Waals surface area (Å²) >= 11 is 0. The zero-order valence-electron chi connectivity index (χ0n) is 10.5. The Hall–Kier alpha value is -2.61. The van der Waals surface area contributed by atoms with Crippen molar-refractivity contribution >= 4 is 35.0 Å². The molecule has 0 unspecified atom stereocenters. The first-order chi connectivity index (χ1) is 9.12. The van der Waals surface area contributed by atoms with Crippen molar-refractivity contribution in [2.45, 2.75) is 0 Å². The molecule has 0 spiro atoms. The van der Waals surface area contributed by atoms with E-state index < -0.39 is 5.97 Å². The van der Waals surface area contributed by atoms with Crippen LogP contribution in [-0.4, -0.2) is 11.1 Å². The van der Waals surface area contributed by atoms with Crippen LogP contribution in [0.15, 0.2) is 44.0 Å². The number of aromatic carboxylic acids is 1. The van der Waals surface area contributed by atoms with Gasteiger partial charge in [-0.05, 0) is 39.6 Å². The average molecular weight is 250 g/mol. The average Bonchev–Trinajstić information content (AvgIpc) is 2.44. The summed E-state index contributed by atoms with van der Waals surface area (Å²) in [5, 5.41) is 11.0. The van der Waals surface area contributed by atoms with E-state index in [1.165, 1.54) is 0 Å². The maximum absolute atomic E-state index is 11.2. The highest BCUT2D eigenvalue weighted by Gasteiger charge is 2.11. The lowest BCUT2D eigenvalue weighted by Gasteiger charge is -2.11. The van der Waals surface area contributed by atoms with Gasteiger partial charge in [-0.15, -0.1) is 0 Å². The van der Waals surface area contributed by atoms with Crippen molar-refractivity contribution in [2.75, 3.05) is 0 Å². The second-order valence-corrected chi connectivity index (χ2v) is 4.15. The molecule has 0 heterocycles. The Bertz CT molecular complexity index is 709. The Kier molecular flexibility index (Phi) is 3.34. The van der Waals surface area contributed by atoms with Crippen LogP contribution in [0.1, 0.15) is 27.0 Å². The molecule has 0 atom stereocenters. The monoisotopic (exact) mass is 250 g/mol. The number of carboxylic acids is 1. The van der Waals surface area contributed by atoms with E-state index in [4.69, 9.17) is 0 Å². The highest BCUT2D eigenvalue weighted by Crippen LogP contribution is 2.30. The molecule has 0 saturated heterocycles. The van der Waals surface area contributed by atoms with Gasteiger partial charge in [0.1, 0.15) is 0 Å². The third-order valence-electron chi connectivity index (χ3n) is 3.12. The van der Waals surface area contributed by atoms with Crippen molar-refractivity contribution in [3.05, 3.63) is 66.3 Å². The molecule has 1 N–H and O–H groups in total. The van der Waals surface area contributed by atoms with Crippen LogP contribution in [0, 0.1) is 0 Å². The Balaban J connectivity index is 3.02. The molecule has 0 aliphatic rings. The summed E-state index contributed by atoms with van der Waals surface area (Å²) in [5.41, 5.74) is 2.87. The molecule has 2 aromatic rings. The zero-order valence-corrected chi connectivity index (χ0v) is 10.5. The maximum atomic E-state index is 11.2. The fourth-order valence-corrected chi connectivity index (χ4v) is 2.20. The van der Waals surface area contributed by atoms with Crippen molar-refractivity contribution in [3.63, 3.8) is 0 Å². The SMILES string of the molecule is C=Cc1ccc(C=C)c2c(C=C)cc(C(=O)O)cc12. The van der Waals surface area contributed by atoms with Crippen LogP contribution in [0.5, 0.6) is 0 Å². The molecule has 2 aromatic carbocycles. The third-order valence-corrected chi connectivity index (χ3v) is 3.12. The largest absolute Gasteiger partial charge is 0.478 e. The molecule has 0 bridgehead atoms. The van der Waals surface area contributed by atoms with Gasteiger partial charge in [-0.2, -0.15) is 0 Å². The second-order valence-electron chi connectivity index (χ2n) is 4.15. The van der Waals surface area contributed by atoms with E-state index in [0.717, 1.165) is 27.5 Å². The van der Waals surface area contributed by atoms with Gasteiger partial charge in [0.2, 0.25) is 0 Å². The summed E-state index contributed by atoms with van der Waals surface area (Å²) < 4.78 is 0. The highest BCUT2D eigenvalue weighted by molar-refractivity contribution is 6.05. The van der Waals surface area contributed by atoms with E-state index in [1.807, 2.05) is 12.1 Å². The molecule has 19 heavy (non-hydrogen) atoms. The van der Waals surface area contributed by atoms with Gasteiger partial charge in [-0.25, -0.2) is 4.79 Å². The van der Waals surface area contributed by atoms with Crippen molar-refractivity contribution in [2.24, 2.45) is 0 Å². The first-order valence-corrected chi connectivity index (χ1v) is 5.83. The molecular formula is C17H14O2. The first kappa shape index (κ1) is 12.8. The van der Waals surface area contributed by atoms with Crippen LogP contribution in [-0.2, 0) is 0 Å². The standard InChI is InChI=1S/C17H14O2/c1-4-11-7-8-12(5-2)16-13(6-3)9-14(17(18)19)10-15(11)16/h4-10H,1-3H2,(H,18,19). The van der Waals surface area contributed by atoms with Gasteiger partial charge in [0.05, 0.1) is 5.56 Å². The summed E-state index contributed by atoms with van der Waals surface area (Å²) in [6.45, 7) is 11.3. The van der Waals surface area contributed by atoms with Gasteiger partial charge in [0, 0.05) is 0 Å². The van der Waals surface area contributed by atoms with E-state index >= 15 is 0 Å². The smallest absolute Gasteiger partial charge is 0.335 e. The van der Waals surface area contributed by atoms with Crippen LogP contribution in [0.2, 0.25) is 0 Å².